The molecule has 2 aromatic carbocycles. The van der Waals surface area contributed by atoms with E-state index >= 15 is 0 Å². The molecule has 0 aliphatic rings. The van der Waals surface area contributed by atoms with Crippen molar-refractivity contribution in [3.63, 3.8) is 0 Å². The number of carbonyl (C=O) groups excluding carboxylic acids is 1. The Bertz CT molecular complexity index is 973. The molecular weight excluding hydrogens is 400 g/mol. The van der Waals surface area contributed by atoms with Crippen LogP contribution < -0.4 is 10.1 Å². The molecule has 160 valence electrons. The largest absolute Gasteiger partial charge is 0.493 e. The van der Waals surface area contributed by atoms with E-state index < -0.39 is 10.0 Å². The summed E-state index contributed by atoms with van der Waals surface area (Å²) in [5.74, 6) is 0.703. The van der Waals surface area contributed by atoms with Gasteiger partial charge in [0.05, 0.1) is 11.5 Å². The molecule has 7 heteroatoms. The third kappa shape index (κ3) is 6.30. The van der Waals surface area contributed by atoms with Crippen LogP contribution in [-0.2, 0) is 10.0 Å². The van der Waals surface area contributed by atoms with Gasteiger partial charge >= 0.3 is 0 Å². The Morgan fingerprint density at radius 2 is 1.73 bits per heavy atom. The Kier molecular flexibility index (Phi) is 8.38. The Labute approximate surface area is 178 Å². The molecule has 30 heavy (non-hydrogen) atoms. The minimum absolute atomic E-state index is 0.133. The molecule has 0 saturated heterocycles. The van der Waals surface area contributed by atoms with E-state index in [2.05, 4.69) is 32.3 Å². The molecule has 0 unspecified atom stereocenters. The number of nitrogens with zero attached hydrogens (tertiary/aromatic N) is 1. The zero-order chi connectivity index (χ0) is 22.1. The van der Waals surface area contributed by atoms with Crippen LogP contribution in [0.4, 0.5) is 5.69 Å². The quantitative estimate of drug-likeness (QED) is 0.540. The van der Waals surface area contributed by atoms with Gasteiger partial charge in [-0.1, -0.05) is 32.1 Å². The second kappa shape index (κ2) is 10.8. The van der Waals surface area contributed by atoms with Crippen molar-refractivity contribution < 1.29 is 17.9 Å². The predicted molar refractivity (Wildman–Crippen MR) is 120 cm³/mol. The van der Waals surface area contributed by atoms with Crippen LogP contribution >= 0.6 is 0 Å². The maximum Gasteiger partial charge on any atom is 0.255 e. The van der Waals surface area contributed by atoms with E-state index in [0.717, 1.165) is 0 Å². The van der Waals surface area contributed by atoms with Gasteiger partial charge in [0.15, 0.2) is 0 Å². The summed E-state index contributed by atoms with van der Waals surface area (Å²) in [6, 6.07) is 13.0. The summed E-state index contributed by atoms with van der Waals surface area (Å²) in [6.45, 7) is 12.2. The first-order chi connectivity index (χ1) is 14.3. The number of hydrogen-bond donors (Lipinski definition) is 1. The van der Waals surface area contributed by atoms with Crippen molar-refractivity contribution in [1.29, 1.82) is 0 Å². The summed E-state index contributed by atoms with van der Waals surface area (Å²) in [5, 5.41) is 2.77. The Hall–Kier alpha value is -2.90. The van der Waals surface area contributed by atoms with E-state index in [1.54, 1.807) is 36.4 Å². The number of benzene rings is 2. The molecule has 0 bridgehead atoms. The number of anilines is 1. The Morgan fingerprint density at radius 1 is 1.10 bits per heavy atom. The maximum atomic E-state index is 12.7. The van der Waals surface area contributed by atoms with Gasteiger partial charge in [0.2, 0.25) is 10.0 Å². The van der Waals surface area contributed by atoms with E-state index in [1.165, 1.54) is 28.6 Å². The summed E-state index contributed by atoms with van der Waals surface area (Å²) in [7, 11) is -3.68. The third-order valence-corrected chi connectivity index (χ3v) is 5.94. The lowest BCUT2D eigenvalue weighted by atomic mass is 10.2. The predicted octanol–water partition coefficient (Wildman–Crippen LogP) is 4.34. The van der Waals surface area contributed by atoms with Crippen LogP contribution in [0.1, 0.15) is 24.2 Å². The van der Waals surface area contributed by atoms with E-state index in [-0.39, 0.29) is 23.9 Å². The lowest BCUT2D eigenvalue weighted by Crippen LogP contribution is -2.31. The number of amides is 1. The van der Waals surface area contributed by atoms with Gasteiger partial charge < -0.3 is 10.1 Å². The first kappa shape index (κ1) is 23.4. The zero-order valence-electron chi connectivity index (χ0n) is 17.4. The van der Waals surface area contributed by atoms with Crippen LogP contribution in [0.3, 0.4) is 0 Å². The summed E-state index contributed by atoms with van der Waals surface area (Å²) in [6.07, 6.45) is 3.04. The van der Waals surface area contributed by atoms with E-state index in [9.17, 15) is 13.2 Å². The molecule has 0 aromatic heterocycles. The van der Waals surface area contributed by atoms with E-state index in [0.29, 0.717) is 29.5 Å². The van der Waals surface area contributed by atoms with Crippen molar-refractivity contribution in [3.05, 3.63) is 79.4 Å². The number of rotatable bonds is 11. The van der Waals surface area contributed by atoms with Crippen LogP contribution in [0.5, 0.6) is 5.75 Å². The lowest BCUT2D eigenvalue weighted by Gasteiger charge is -2.19. The smallest absolute Gasteiger partial charge is 0.255 e. The monoisotopic (exact) mass is 428 g/mol. The molecule has 2 rings (SSSR count). The number of carbonyl (C=O) groups is 1. The van der Waals surface area contributed by atoms with Gasteiger partial charge in [-0.25, -0.2) is 8.42 Å². The fourth-order valence-corrected chi connectivity index (χ4v) is 3.99. The van der Waals surface area contributed by atoms with Crippen molar-refractivity contribution in [1.82, 2.24) is 4.31 Å². The molecule has 6 nitrogen and oxygen atoms in total. The van der Waals surface area contributed by atoms with Gasteiger partial charge in [0, 0.05) is 24.3 Å². The molecule has 0 atom stereocenters. The zero-order valence-corrected chi connectivity index (χ0v) is 18.2. The van der Waals surface area contributed by atoms with Gasteiger partial charge in [-0.2, -0.15) is 4.31 Å². The van der Waals surface area contributed by atoms with Crippen molar-refractivity contribution in [3.8, 4) is 5.75 Å². The summed E-state index contributed by atoms with van der Waals surface area (Å²) in [4.78, 5) is 12.7. The molecule has 0 radical (unpaired) electrons. The summed E-state index contributed by atoms with van der Waals surface area (Å²) >= 11 is 0. The molecule has 1 N–H and O–H groups in total. The van der Waals surface area contributed by atoms with Crippen molar-refractivity contribution in [2.45, 2.75) is 18.7 Å². The minimum atomic E-state index is -3.68. The highest BCUT2D eigenvalue weighted by molar-refractivity contribution is 7.89. The van der Waals surface area contributed by atoms with Crippen LogP contribution in [0.15, 0.2) is 78.7 Å². The Morgan fingerprint density at radius 3 is 2.30 bits per heavy atom. The highest BCUT2D eigenvalue weighted by atomic mass is 32.2. The molecule has 0 heterocycles. The van der Waals surface area contributed by atoms with E-state index in [4.69, 9.17) is 4.74 Å². The topological polar surface area (TPSA) is 75.7 Å². The molecule has 0 saturated carbocycles. The minimum Gasteiger partial charge on any atom is -0.493 e. The van der Waals surface area contributed by atoms with Crippen molar-refractivity contribution in [2.75, 3.05) is 25.0 Å². The van der Waals surface area contributed by atoms with Gasteiger partial charge in [-0.05, 0) is 48.4 Å². The maximum absolute atomic E-state index is 12.7. The fourth-order valence-electron chi connectivity index (χ4n) is 2.61. The first-order valence-corrected chi connectivity index (χ1v) is 11.1. The normalized spacial score (nSPS) is 11.3. The molecule has 1 amide bonds. The highest BCUT2D eigenvalue weighted by Gasteiger charge is 2.22. The average Bonchev–Trinajstić information content (AvgIpc) is 2.72. The highest BCUT2D eigenvalue weighted by Crippen LogP contribution is 2.20. The lowest BCUT2D eigenvalue weighted by molar-refractivity contribution is 0.102. The fraction of sp³-hybridized carbons (Fsp3) is 0.261. The van der Waals surface area contributed by atoms with Gasteiger partial charge in [-0.15, -0.1) is 13.2 Å². The molecule has 2 aromatic rings. The molecule has 0 aliphatic heterocycles. The number of sulfonamides is 1. The standard InChI is InChI=1S/C23H28N2O4S/c1-5-14-25(15-6-2)30(27,28)22-12-10-20(11-13-22)24-23(26)19-8-7-9-21(16-19)29-17-18(3)4/h5-13,16,18H,1-2,14-15,17H2,3-4H3,(H,24,26). The second-order valence-corrected chi connectivity index (χ2v) is 9.05. The van der Waals surface area contributed by atoms with Crippen LogP contribution in [0.25, 0.3) is 0 Å². The van der Waals surface area contributed by atoms with Crippen molar-refractivity contribution >= 4 is 21.6 Å². The van der Waals surface area contributed by atoms with Gasteiger partial charge in [-0.3, -0.25) is 4.79 Å². The van der Waals surface area contributed by atoms with Crippen LogP contribution in [0.2, 0.25) is 0 Å². The Balaban J connectivity index is 2.12. The van der Waals surface area contributed by atoms with Gasteiger partial charge in [0.25, 0.3) is 5.91 Å². The van der Waals surface area contributed by atoms with Crippen LogP contribution in [0, 0.1) is 5.92 Å². The average molecular weight is 429 g/mol. The number of hydrogen-bond acceptors (Lipinski definition) is 4. The number of nitrogens with one attached hydrogen (secondary N) is 1. The van der Waals surface area contributed by atoms with Gasteiger partial charge in [0.1, 0.15) is 5.75 Å². The second-order valence-electron chi connectivity index (χ2n) is 7.11. The van der Waals surface area contributed by atoms with E-state index in [1.807, 2.05) is 0 Å². The number of ether oxygens (including phenoxy) is 1. The summed E-state index contributed by atoms with van der Waals surface area (Å²) < 4.78 is 32.4. The van der Waals surface area contributed by atoms with Crippen molar-refractivity contribution in [2.24, 2.45) is 5.92 Å². The summed E-state index contributed by atoms with van der Waals surface area (Å²) in [5.41, 5.74) is 0.947. The molecule has 0 spiro atoms. The molecule has 0 aliphatic carbocycles. The first-order valence-electron chi connectivity index (χ1n) is 9.64. The molecular formula is C23H28N2O4S. The molecule has 0 fully saturated rings. The third-order valence-electron chi connectivity index (χ3n) is 4.09. The SMILES string of the molecule is C=CCN(CC=C)S(=O)(=O)c1ccc(NC(=O)c2cccc(OCC(C)C)c2)cc1. The van der Waals surface area contributed by atoms with Crippen LogP contribution in [-0.4, -0.2) is 38.3 Å².